The molecular formula is C22H20N4O2. The summed E-state index contributed by atoms with van der Waals surface area (Å²) in [5.74, 6) is -0.228. The predicted octanol–water partition coefficient (Wildman–Crippen LogP) is 3.06. The van der Waals surface area contributed by atoms with Crippen LogP contribution in [-0.2, 0) is 20.2 Å². The molecule has 6 heteroatoms. The third-order valence-corrected chi connectivity index (χ3v) is 4.70. The monoisotopic (exact) mass is 372 g/mol. The fraction of sp³-hybridized carbons (Fsp3) is 0.136. The van der Waals surface area contributed by atoms with Crippen LogP contribution in [0.1, 0.15) is 21.6 Å². The molecule has 0 radical (unpaired) electrons. The van der Waals surface area contributed by atoms with Crippen LogP contribution in [0.15, 0.2) is 67.1 Å². The number of nitrogens with zero attached hydrogens (tertiary/aromatic N) is 3. The highest BCUT2D eigenvalue weighted by Crippen LogP contribution is 2.26. The molecule has 0 saturated heterocycles. The minimum absolute atomic E-state index is 0.00739. The number of rotatable bonds is 5. The maximum absolute atomic E-state index is 12.9. The summed E-state index contributed by atoms with van der Waals surface area (Å²) in [6, 6.07) is 15.1. The molecule has 0 atom stereocenters. The zero-order valence-electron chi connectivity index (χ0n) is 15.5. The number of carbonyl (C=O) groups is 1. The Kier molecular flexibility index (Phi) is 4.87. The van der Waals surface area contributed by atoms with Gasteiger partial charge in [-0.05, 0) is 29.3 Å². The Morgan fingerprint density at radius 2 is 1.96 bits per heavy atom. The fourth-order valence-corrected chi connectivity index (χ4v) is 3.13. The van der Waals surface area contributed by atoms with Crippen molar-refractivity contribution in [3.8, 4) is 11.3 Å². The Labute approximate surface area is 162 Å². The van der Waals surface area contributed by atoms with E-state index >= 15 is 0 Å². The van der Waals surface area contributed by atoms with Gasteiger partial charge in [0.25, 0.3) is 5.91 Å². The van der Waals surface area contributed by atoms with E-state index in [-0.39, 0.29) is 12.5 Å². The van der Waals surface area contributed by atoms with Crippen LogP contribution in [0.2, 0.25) is 0 Å². The third-order valence-electron chi connectivity index (χ3n) is 4.70. The molecule has 1 aromatic carbocycles. The number of aliphatic hydroxyl groups is 1. The lowest BCUT2D eigenvalue weighted by molar-refractivity contribution is 0.0948. The number of amides is 1. The molecule has 4 aromatic rings. The topological polar surface area (TPSA) is 80.0 Å². The van der Waals surface area contributed by atoms with Crippen LogP contribution in [0.25, 0.3) is 22.2 Å². The van der Waals surface area contributed by atoms with Gasteiger partial charge in [0, 0.05) is 43.1 Å². The number of hydrogen-bond acceptors (Lipinski definition) is 4. The summed E-state index contributed by atoms with van der Waals surface area (Å²) in [6.45, 7) is 0.380. The molecule has 0 fully saturated rings. The first kappa shape index (κ1) is 17.9. The summed E-state index contributed by atoms with van der Waals surface area (Å²) in [4.78, 5) is 21.6. The molecule has 0 bridgehead atoms. The summed E-state index contributed by atoms with van der Waals surface area (Å²) in [5, 5.41) is 13.0. The van der Waals surface area contributed by atoms with Gasteiger partial charge in [0.15, 0.2) is 0 Å². The number of aryl methyl sites for hydroxylation is 1. The van der Waals surface area contributed by atoms with Gasteiger partial charge in [0.05, 0.1) is 17.8 Å². The van der Waals surface area contributed by atoms with Crippen molar-refractivity contribution < 1.29 is 9.90 Å². The zero-order valence-corrected chi connectivity index (χ0v) is 15.5. The van der Waals surface area contributed by atoms with Crippen molar-refractivity contribution in [2.45, 2.75) is 13.2 Å². The lowest BCUT2D eigenvalue weighted by Gasteiger charge is -2.10. The van der Waals surface area contributed by atoms with E-state index in [1.54, 1.807) is 12.4 Å². The van der Waals surface area contributed by atoms with Gasteiger partial charge in [-0.2, -0.15) is 0 Å². The molecule has 28 heavy (non-hydrogen) atoms. The molecule has 0 aliphatic rings. The van der Waals surface area contributed by atoms with Crippen LogP contribution in [0.3, 0.4) is 0 Å². The minimum atomic E-state index is -0.228. The second kappa shape index (κ2) is 7.62. The van der Waals surface area contributed by atoms with E-state index in [1.807, 2.05) is 66.3 Å². The number of benzene rings is 1. The standard InChI is InChI=1S/C22H20N4O2/c1-26-10-8-18-20(26)11-19(17-6-4-15(14-27)5-7-17)25-21(18)22(28)24-13-16-3-2-9-23-12-16/h2-12,27H,13-14H2,1H3,(H,24,28). The number of hydrogen-bond donors (Lipinski definition) is 2. The Bertz CT molecular complexity index is 1120. The molecule has 0 aliphatic carbocycles. The molecule has 4 rings (SSSR count). The molecule has 1 amide bonds. The summed E-state index contributed by atoms with van der Waals surface area (Å²) < 4.78 is 1.97. The summed E-state index contributed by atoms with van der Waals surface area (Å²) in [6.07, 6.45) is 5.35. The lowest BCUT2D eigenvalue weighted by atomic mass is 10.1. The van der Waals surface area contributed by atoms with Gasteiger partial charge >= 0.3 is 0 Å². The molecule has 3 aromatic heterocycles. The number of carbonyl (C=O) groups excluding carboxylic acids is 1. The number of nitrogens with one attached hydrogen (secondary N) is 1. The molecule has 140 valence electrons. The maximum atomic E-state index is 12.9. The molecular weight excluding hydrogens is 352 g/mol. The van der Waals surface area contributed by atoms with Gasteiger partial charge in [0.2, 0.25) is 0 Å². The average Bonchev–Trinajstić information content (AvgIpc) is 3.13. The van der Waals surface area contributed by atoms with E-state index < -0.39 is 0 Å². The van der Waals surface area contributed by atoms with Crippen LogP contribution >= 0.6 is 0 Å². The molecule has 0 unspecified atom stereocenters. The SMILES string of the molecule is Cn1ccc2c(C(=O)NCc3cccnc3)nc(-c3ccc(CO)cc3)cc21. The molecule has 3 heterocycles. The molecule has 6 nitrogen and oxygen atoms in total. The smallest absolute Gasteiger partial charge is 0.270 e. The summed E-state index contributed by atoms with van der Waals surface area (Å²) in [7, 11) is 1.94. The molecule has 0 saturated carbocycles. The highest BCUT2D eigenvalue weighted by Gasteiger charge is 2.16. The van der Waals surface area contributed by atoms with Gasteiger partial charge < -0.3 is 15.0 Å². The Morgan fingerprint density at radius 1 is 1.14 bits per heavy atom. The Hall–Kier alpha value is -3.51. The van der Waals surface area contributed by atoms with Gasteiger partial charge in [-0.1, -0.05) is 30.3 Å². The van der Waals surface area contributed by atoms with Crippen LogP contribution in [0, 0.1) is 0 Å². The third kappa shape index (κ3) is 3.50. The average molecular weight is 372 g/mol. The van der Waals surface area contributed by atoms with E-state index in [2.05, 4.69) is 15.3 Å². The minimum Gasteiger partial charge on any atom is -0.392 e. The molecule has 2 N–H and O–H groups in total. The lowest BCUT2D eigenvalue weighted by Crippen LogP contribution is -2.24. The fourth-order valence-electron chi connectivity index (χ4n) is 3.13. The number of aliphatic hydroxyl groups excluding tert-OH is 1. The van der Waals surface area contributed by atoms with E-state index in [4.69, 9.17) is 0 Å². The van der Waals surface area contributed by atoms with Crippen molar-refractivity contribution in [3.05, 3.63) is 83.9 Å². The predicted molar refractivity (Wildman–Crippen MR) is 107 cm³/mol. The number of fused-ring (bicyclic) bond motifs is 1. The van der Waals surface area contributed by atoms with Crippen LogP contribution in [0.5, 0.6) is 0 Å². The van der Waals surface area contributed by atoms with E-state index in [0.29, 0.717) is 17.9 Å². The second-order valence-electron chi connectivity index (χ2n) is 6.61. The highest BCUT2D eigenvalue weighted by molar-refractivity contribution is 6.05. The van der Waals surface area contributed by atoms with Crippen molar-refractivity contribution >= 4 is 16.8 Å². The second-order valence-corrected chi connectivity index (χ2v) is 6.61. The van der Waals surface area contributed by atoms with Gasteiger partial charge in [-0.3, -0.25) is 9.78 Å². The van der Waals surface area contributed by atoms with E-state index in [9.17, 15) is 9.90 Å². The molecule has 0 spiro atoms. The Morgan fingerprint density at radius 3 is 2.68 bits per heavy atom. The van der Waals surface area contributed by atoms with Crippen molar-refractivity contribution in [1.82, 2.24) is 19.9 Å². The van der Waals surface area contributed by atoms with Gasteiger partial charge in [0.1, 0.15) is 5.69 Å². The highest BCUT2D eigenvalue weighted by atomic mass is 16.3. The summed E-state index contributed by atoms with van der Waals surface area (Å²) >= 11 is 0. The van der Waals surface area contributed by atoms with Gasteiger partial charge in [-0.25, -0.2) is 4.98 Å². The maximum Gasteiger partial charge on any atom is 0.270 e. The first-order valence-corrected chi connectivity index (χ1v) is 8.99. The normalized spacial score (nSPS) is 10.9. The van der Waals surface area contributed by atoms with Crippen molar-refractivity contribution in [3.63, 3.8) is 0 Å². The first-order chi connectivity index (χ1) is 13.7. The van der Waals surface area contributed by atoms with Crippen LogP contribution < -0.4 is 5.32 Å². The number of pyridine rings is 2. The van der Waals surface area contributed by atoms with Crippen LogP contribution in [-0.4, -0.2) is 25.5 Å². The van der Waals surface area contributed by atoms with Crippen LogP contribution in [0.4, 0.5) is 0 Å². The van der Waals surface area contributed by atoms with E-state index in [0.717, 1.165) is 27.6 Å². The van der Waals surface area contributed by atoms with Crippen molar-refractivity contribution in [1.29, 1.82) is 0 Å². The van der Waals surface area contributed by atoms with E-state index in [1.165, 1.54) is 0 Å². The zero-order chi connectivity index (χ0) is 19.5. The van der Waals surface area contributed by atoms with Gasteiger partial charge in [-0.15, -0.1) is 0 Å². The van der Waals surface area contributed by atoms with Crippen molar-refractivity contribution in [2.24, 2.45) is 7.05 Å². The van der Waals surface area contributed by atoms with Crippen molar-refractivity contribution in [2.75, 3.05) is 0 Å². The largest absolute Gasteiger partial charge is 0.392 e. The summed E-state index contributed by atoms with van der Waals surface area (Å²) in [5.41, 5.74) is 4.69. The first-order valence-electron chi connectivity index (χ1n) is 8.99. The Balaban J connectivity index is 1.71. The number of aromatic nitrogens is 3. The quantitative estimate of drug-likeness (QED) is 0.564. The molecule has 0 aliphatic heterocycles.